The number of hydrogen-bond acceptors (Lipinski definition) is 1. The molecule has 0 saturated carbocycles. The highest BCUT2D eigenvalue weighted by Crippen LogP contribution is 2.15. The number of para-hydroxylation sites is 1. The van der Waals surface area contributed by atoms with Gasteiger partial charge in [-0.2, -0.15) is 0 Å². The molecule has 0 amide bonds. The zero-order chi connectivity index (χ0) is 8.27. The lowest BCUT2D eigenvalue weighted by Gasteiger charge is -2.21. The summed E-state index contributed by atoms with van der Waals surface area (Å²) in [4.78, 5) is 2.02. The van der Waals surface area contributed by atoms with Gasteiger partial charge in [0.25, 0.3) is 0 Å². The average Bonchev–Trinajstić information content (AvgIpc) is 2.05. The molecular formula is C9H12ClN. The van der Waals surface area contributed by atoms with Gasteiger partial charge in [-0.25, -0.2) is 0 Å². The Kier molecular flexibility index (Phi) is 2.77. The Bertz CT molecular complexity index is 208. The van der Waals surface area contributed by atoms with Crippen molar-refractivity contribution in [3.8, 4) is 0 Å². The van der Waals surface area contributed by atoms with Gasteiger partial charge in [0.2, 0.25) is 0 Å². The van der Waals surface area contributed by atoms with Crippen molar-refractivity contribution in [1.29, 1.82) is 0 Å². The standard InChI is InChI=1S/C9H12ClN/c1-8(10)11(2)9-6-4-3-5-7-9/h3-8H,1-2H3. The number of alkyl halides is 1. The lowest BCUT2D eigenvalue weighted by atomic mass is 10.3. The van der Waals surface area contributed by atoms with E-state index in [1.807, 2.05) is 49.2 Å². The fraction of sp³-hybridized carbons (Fsp3) is 0.333. The van der Waals surface area contributed by atoms with Crippen molar-refractivity contribution in [2.75, 3.05) is 11.9 Å². The predicted octanol–water partition coefficient (Wildman–Crippen LogP) is 2.71. The highest BCUT2D eigenvalue weighted by atomic mass is 35.5. The molecule has 0 aliphatic rings. The molecule has 1 nitrogen and oxygen atoms in total. The van der Waals surface area contributed by atoms with Crippen molar-refractivity contribution in [3.05, 3.63) is 30.3 Å². The highest BCUT2D eigenvalue weighted by molar-refractivity contribution is 6.21. The number of nitrogens with zero attached hydrogens (tertiary/aromatic N) is 1. The van der Waals surface area contributed by atoms with Crippen LogP contribution in [0.5, 0.6) is 0 Å². The summed E-state index contributed by atoms with van der Waals surface area (Å²) in [6.07, 6.45) is 0. The number of halogens is 1. The molecule has 0 heterocycles. The van der Waals surface area contributed by atoms with E-state index in [1.165, 1.54) is 0 Å². The summed E-state index contributed by atoms with van der Waals surface area (Å²) in [7, 11) is 1.98. The van der Waals surface area contributed by atoms with E-state index >= 15 is 0 Å². The van der Waals surface area contributed by atoms with Crippen molar-refractivity contribution in [3.63, 3.8) is 0 Å². The normalized spacial score (nSPS) is 12.6. The van der Waals surface area contributed by atoms with Gasteiger partial charge in [0.15, 0.2) is 0 Å². The topological polar surface area (TPSA) is 3.24 Å². The van der Waals surface area contributed by atoms with Gasteiger partial charge in [-0.3, -0.25) is 0 Å². The molecule has 1 unspecified atom stereocenters. The number of anilines is 1. The van der Waals surface area contributed by atoms with Gasteiger partial charge >= 0.3 is 0 Å². The van der Waals surface area contributed by atoms with Crippen LogP contribution in [0.3, 0.4) is 0 Å². The van der Waals surface area contributed by atoms with Crippen molar-refractivity contribution >= 4 is 17.3 Å². The quantitative estimate of drug-likeness (QED) is 0.486. The van der Waals surface area contributed by atoms with Crippen molar-refractivity contribution in [1.82, 2.24) is 0 Å². The van der Waals surface area contributed by atoms with Crippen LogP contribution < -0.4 is 4.90 Å². The Morgan fingerprint density at radius 2 is 1.82 bits per heavy atom. The first-order valence-electron chi connectivity index (χ1n) is 3.64. The molecule has 60 valence electrons. The molecule has 1 aromatic carbocycles. The van der Waals surface area contributed by atoms with Crippen molar-refractivity contribution < 1.29 is 0 Å². The largest absolute Gasteiger partial charge is 0.358 e. The Morgan fingerprint density at radius 3 is 2.27 bits per heavy atom. The lowest BCUT2D eigenvalue weighted by Crippen LogP contribution is -2.23. The minimum absolute atomic E-state index is 0.0393. The van der Waals surface area contributed by atoms with Gasteiger partial charge in [-0.1, -0.05) is 29.8 Å². The molecule has 0 radical (unpaired) electrons. The van der Waals surface area contributed by atoms with Crippen LogP contribution in [0.2, 0.25) is 0 Å². The van der Waals surface area contributed by atoms with Crippen molar-refractivity contribution in [2.45, 2.75) is 12.4 Å². The third-order valence-electron chi connectivity index (χ3n) is 1.70. The molecule has 0 saturated heterocycles. The van der Waals surface area contributed by atoms with Gasteiger partial charge in [-0.15, -0.1) is 0 Å². The second kappa shape index (κ2) is 3.63. The molecular weight excluding hydrogens is 158 g/mol. The number of hydrogen-bond donors (Lipinski definition) is 0. The fourth-order valence-corrected chi connectivity index (χ4v) is 0.981. The zero-order valence-corrected chi connectivity index (χ0v) is 7.55. The molecule has 0 aliphatic heterocycles. The highest BCUT2D eigenvalue weighted by Gasteiger charge is 2.03. The van der Waals surface area contributed by atoms with E-state index in [2.05, 4.69) is 0 Å². The molecule has 11 heavy (non-hydrogen) atoms. The molecule has 0 aliphatic carbocycles. The van der Waals surface area contributed by atoms with E-state index in [4.69, 9.17) is 11.6 Å². The van der Waals surface area contributed by atoms with Gasteiger partial charge < -0.3 is 4.90 Å². The second-order valence-corrected chi connectivity index (χ2v) is 3.15. The maximum absolute atomic E-state index is 5.89. The van der Waals surface area contributed by atoms with E-state index in [0.717, 1.165) is 5.69 Å². The Balaban J connectivity index is 2.77. The van der Waals surface area contributed by atoms with E-state index in [-0.39, 0.29) is 5.50 Å². The van der Waals surface area contributed by atoms with E-state index in [0.29, 0.717) is 0 Å². The van der Waals surface area contributed by atoms with E-state index in [1.54, 1.807) is 0 Å². The van der Waals surface area contributed by atoms with Gasteiger partial charge in [0, 0.05) is 12.7 Å². The molecule has 0 N–H and O–H groups in total. The van der Waals surface area contributed by atoms with E-state index in [9.17, 15) is 0 Å². The molecule has 0 fully saturated rings. The van der Waals surface area contributed by atoms with Crippen LogP contribution in [0.4, 0.5) is 5.69 Å². The molecule has 0 aromatic heterocycles. The summed E-state index contributed by atoms with van der Waals surface area (Å²) in [6, 6.07) is 10.1. The summed E-state index contributed by atoms with van der Waals surface area (Å²) in [6.45, 7) is 1.95. The van der Waals surface area contributed by atoms with E-state index < -0.39 is 0 Å². The van der Waals surface area contributed by atoms with Crippen LogP contribution >= 0.6 is 11.6 Å². The molecule has 0 spiro atoms. The zero-order valence-electron chi connectivity index (χ0n) is 6.79. The van der Waals surface area contributed by atoms with Crippen LogP contribution in [-0.2, 0) is 0 Å². The first-order valence-corrected chi connectivity index (χ1v) is 4.07. The Labute approximate surface area is 72.6 Å². The number of rotatable bonds is 2. The third-order valence-corrected chi connectivity index (χ3v) is 1.99. The minimum Gasteiger partial charge on any atom is -0.358 e. The molecule has 1 aromatic rings. The maximum Gasteiger partial charge on any atom is 0.101 e. The monoisotopic (exact) mass is 169 g/mol. The smallest absolute Gasteiger partial charge is 0.101 e. The molecule has 2 heteroatoms. The average molecular weight is 170 g/mol. The summed E-state index contributed by atoms with van der Waals surface area (Å²) >= 11 is 5.89. The molecule has 1 atom stereocenters. The third kappa shape index (κ3) is 2.12. The SMILES string of the molecule is CC(Cl)N(C)c1ccccc1. The summed E-state index contributed by atoms with van der Waals surface area (Å²) in [5, 5.41) is 0. The minimum atomic E-state index is 0.0393. The van der Waals surface area contributed by atoms with Crippen molar-refractivity contribution in [2.24, 2.45) is 0 Å². The molecule has 1 rings (SSSR count). The Morgan fingerprint density at radius 1 is 1.27 bits per heavy atom. The summed E-state index contributed by atoms with van der Waals surface area (Å²) in [5.41, 5.74) is 1.19. The summed E-state index contributed by atoms with van der Waals surface area (Å²) < 4.78 is 0. The predicted molar refractivity (Wildman–Crippen MR) is 50.2 cm³/mol. The van der Waals surface area contributed by atoms with Crippen LogP contribution in [0, 0.1) is 0 Å². The first-order chi connectivity index (χ1) is 5.22. The Hall–Kier alpha value is -0.690. The second-order valence-electron chi connectivity index (χ2n) is 2.52. The lowest BCUT2D eigenvalue weighted by molar-refractivity contribution is 0.897. The summed E-state index contributed by atoms with van der Waals surface area (Å²) in [5.74, 6) is 0. The van der Waals surface area contributed by atoms with Crippen LogP contribution in [0.15, 0.2) is 30.3 Å². The van der Waals surface area contributed by atoms with Gasteiger partial charge in [0.05, 0.1) is 0 Å². The first kappa shape index (κ1) is 8.41. The molecule has 0 bridgehead atoms. The number of benzene rings is 1. The van der Waals surface area contributed by atoms with Crippen LogP contribution in [-0.4, -0.2) is 12.5 Å². The van der Waals surface area contributed by atoms with Crippen LogP contribution in [0.1, 0.15) is 6.92 Å². The maximum atomic E-state index is 5.89. The van der Waals surface area contributed by atoms with Gasteiger partial charge in [-0.05, 0) is 19.1 Å². The fourth-order valence-electron chi connectivity index (χ4n) is 0.869. The van der Waals surface area contributed by atoms with Gasteiger partial charge in [0.1, 0.15) is 5.50 Å². The van der Waals surface area contributed by atoms with Crippen LogP contribution in [0.25, 0.3) is 0 Å².